The molecule has 1 amide bonds. The van der Waals surface area contributed by atoms with Crippen molar-refractivity contribution < 1.29 is 9.18 Å². The molecule has 0 saturated heterocycles. The summed E-state index contributed by atoms with van der Waals surface area (Å²) in [6.45, 7) is 5.59. The molecule has 88 valence electrons. The first-order chi connectivity index (χ1) is 7.45. The monoisotopic (exact) mass is 224 g/mol. The van der Waals surface area contributed by atoms with Crippen LogP contribution < -0.4 is 11.1 Å². The SMILES string of the molecule is CCC(C)NC(=O)c1cc(N)c(F)cc1C. The van der Waals surface area contributed by atoms with Crippen molar-refractivity contribution in [2.75, 3.05) is 5.73 Å². The lowest BCUT2D eigenvalue weighted by atomic mass is 10.1. The van der Waals surface area contributed by atoms with Gasteiger partial charge in [-0.3, -0.25) is 4.79 Å². The number of amides is 1. The third-order valence-corrected chi connectivity index (χ3v) is 2.58. The van der Waals surface area contributed by atoms with Gasteiger partial charge in [0.2, 0.25) is 0 Å². The van der Waals surface area contributed by atoms with Gasteiger partial charge < -0.3 is 11.1 Å². The van der Waals surface area contributed by atoms with E-state index in [2.05, 4.69) is 5.32 Å². The molecule has 0 spiro atoms. The molecule has 3 N–H and O–H groups in total. The number of rotatable bonds is 3. The molecule has 1 rings (SSSR count). The number of hydrogen-bond donors (Lipinski definition) is 2. The number of benzene rings is 1. The zero-order valence-electron chi connectivity index (χ0n) is 9.80. The van der Waals surface area contributed by atoms with E-state index in [0.717, 1.165) is 6.42 Å². The predicted molar refractivity (Wildman–Crippen MR) is 62.8 cm³/mol. The van der Waals surface area contributed by atoms with Gasteiger partial charge in [-0.1, -0.05) is 6.92 Å². The number of nitrogens with two attached hydrogens (primary N) is 1. The minimum absolute atomic E-state index is 0.0000912. The van der Waals surface area contributed by atoms with Crippen molar-refractivity contribution in [3.8, 4) is 0 Å². The van der Waals surface area contributed by atoms with Gasteiger partial charge in [0.15, 0.2) is 0 Å². The molecule has 16 heavy (non-hydrogen) atoms. The summed E-state index contributed by atoms with van der Waals surface area (Å²) < 4.78 is 13.1. The molecule has 0 aliphatic carbocycles. The van der Waals surface area contributed by atoms with Gasteiger partial charge >= 0.3 is 0 Å². The van der Waals surface area contributed by atoms with Crippen LogP contribution in [0, 0.1) is 12.7 Å². The van der Waals surface area contributed by atoms with Gasteiger partial charge in [0.1, 0.15) is 5.82 Å². The second-order valence-corrected chi connectivity index (χ2v) is 3.97. The molecular weight excluding hydrogens is 207 g/mol. The fourth-order valence-electron chi connectivity index (χ4n) is 1.34. The molecule has 0 saturated carbocycles. The first-order valence-electron chi connectivity index (χ1n) is 5.32. The van der Waals surface area contributed by atoms with Crippen molar-refractivity contribution in [2.24, 2.45) is 0 Å². The Kier molecular flexibility index (Phi) is 3.88. The maximum Gasteiger partial charge on any atom is 0.251 e. The van der Waals surface area contributed by atoms with Crippen LogP contribution in [0.25, 0.3) is 0 Å². The highest BCUT2D eigenvalue weighted by Gasteiger charge is 2.13. The van der Waals surface area contributed by atoms with Crippen LogP contribution >= 0.6 is 0 Å². The minimum Gasteiger partial charge on any atom is -0.396 e. The Labute approximate surface area is 94.8 Å². The lowest BCUT2D eigenvalue weighted by molar-refractivity contribution is 0.0938. The first-order valence-corrected chi connectivity index (χ1v) is 5.32. The van der Waals surface area contributed by atoms with Crippen molar-refractivity contribution in [3.63, 3.8) is 0 Å². The summed E-state index contributed by atoms with van der Waals surface area (Å²) in [5, 5.41) is 2.82. The van der Waals surface area contributed by atoms with Crippen molar-refractivity contribution in [1.82, 2.24) is 5.32 Å². The van der Waals surface area contributed by atoms with Gasteiger partial charge in [0, 0.05) is 11.6 Å². The van der Waals surface area contributed by atoms with Crippen molar-refractivity contribution in [2.45, 2.75) is 33.2 Å². The third kappa shape index (κ3) is 2.72. The van der Waals surface area contributed by atoms with E-state index in [-0.39, 0.29) is 17.6 Å². The molecule has 1 atom stereocenters. The average molecular weight is 224 g/mol. The number of nitrogens with one attached hydrogen (secondary N) is 1. The van der Waals surface area contributed by atoms with E-state index in [4.69, 9.17) is 5.73 Å². The van der Waals surface area contributed by atoms with Crippen LogP contribution in [-0.2, 0) is 0 Å². The summed E-state index contributed by atoms with van der Waals surface area (Å²) in [7, 11) is 0. The molecule has 4 heteroatoms. The fourth-order valence-corrected chi connectivity index (χ4v) is 1.34. The van der Waals surface area contributed by atoms with Crippen LogP contribution in [-0.4, -0.2) is 11.9 Å². The normalized spacial score (nSPS) is 12.2. The second kappa shape index (κ2) is 4.96. The van der Waals surface area contributed by atoms with Gasteiger partial charge in [-0.25, -0.2) is 4.39 Å². The standard InChI is InChI=1S/C12H17FN2O/c1-4-8(3)15-12(16)9-6-11(14)10(13)5-7(9)2/h5-6,8H,4,14H2,1-3H3,(H,15,16). The summed E-state index contributed by atoms with van der Waals surface area (Å²) in [6, 6.07) is 2.75. The summed E-state index contributed by atoms with van der Waals surface area (Å²) in [5.74, 6) is -0.698. The van der Waals surface area contributed by atoms with E-state index in [0.29, 0.717) is 11.1 Å². The van der Waals surface area contributed by atoms with Crippen molar-refractivity contribution >= 4 is 11.6 Å². The maximum absolute atomic E-state index is 13.1. The number of carbonyl (C=O) groups excluding carboxylic acids is 1. The number of carbonyl (C=O) groups is 1. The van der Waals surface area contributed by atoms with Crippen molar-refractivity contribution in [1.29, 1.82) is 0 Å². The van der Waals surface area contributed by atoms with Gasteiger partial charge in [0.25, 0.3) is 5.91 Å². The topological polar surface area (TPSA) is 55.1 Å². The Morgan fingerprint density at radius 2 is 2.19 bits per heavy atom. The smallest absolute Gasteiger partial charge is 0.251 e. The van der Waals surface area contributed by atoms with Crippen LogP contribution in [0.15, 0.2) is 12.1 Å². The van der Waals surface area contributed by atoms with Gasteiger partial charge in [-0.05, 0) is 38.0 Å². The molecule has 0 aromatic heterocycles. The molecule has 0 radical (unpaired) electrons. The number of halogens is 1. The van der Waals surface area contributed by atoms with Crippen LogP contribution in [0.2, 0.25) is 0 Å². The quantitative estimate of drug-likeness (QED) is 0.774. The van der Waals surface area contributed by atoms with E-state index in [1.165, 1.54) is 12.1 Å². The molecule has 1 aromatic carbocycles. The van der Waals surface area contributed by atoms with Gasteiger partial charge in [0.05, 0.1) is 5.69 Å². The van der Waals surface area contributed by atoms with E-state index in [1.807, 2.05) is 13.8 Å². The van der Waals surface area contributed by atoms with Gasteiger partial charge in [-0.15, -0.1) is 0 Å². The number of hydrogen-bond acceptors (Lipinski definition) is 2. The summed E-state index contributed by atoms with van der Waals surface area (Å²) in [5.41, 5.74) is 6.46. The lowest BCUT2D eigenvalue weighted by Gasteiger charge is -2.13. The summed E-state index contributed by atoms with van der Waals surface area (Å²) >= 11 is 0. The molecule has 1 aromatic rings. The van der Waals surface area contributed by atoms with E-state index >= 15 is 0 Å². The van der Waals surface area contributed by atoms with Crippen molar-refractivity contribution in [3.05, 3.63) is 29.1 Å². The molecule has 0 aliphatic heterocycles. The minimum atomic E-state index is -0.488. The first kappa shape index (κ1) is 12.5. The molecular formula is C12H17FN2O. The maximum atomic E-state index is 13.1. The highest BCUT2D eigenvalue weighted by Crippen LogP contribution is 2.17. The Hall–Kier alpha value is -1.58. The molecule has 1 unspecified atom stereocenters. The van der Waals surface area contributed by atoms with Crippen LogP contribution in [0.3, 0.4) is 0 Å². The Bertz CT molecular complexity index is 404. The van der Waals surface area contributed by atoms with Crippen LogP contribution in [0.5, 0.6) is 0 Å². The molecule has 0 bridgehead atoms. The van der Waals surface area contributed by atoms with Crippen LogP contribution in [0.1, 0.15) is 36.2 Å². The zero-order chi connectivity index (χ0) is 12.3. The molecule has 0 heterocycles. The largest absolute Gasteiger partial charge is 0.396 e. The second-order valence-electron chi connectivity index (χ2n) is 3.97. The van der Waals surface area contributed by atoms with Gasteiger partial charge in [-0.2, -0.15) is 0 Å². The van der Waals surface area contributed by atoms with E-state index in [1.54, 1.807) is 6.92 Å². The Balaban J connectivity index is 2.96. The Morgan fingerprint density at radius 3 is 2.75 bits per heavy atom. The van der Waals surface area contributed by atoms with E-state index < -0.39 is 5.82 Å². The fraction of sp³-hybridized carbons (Fsp3) is 0.417. The Morgan fingerprint density at radius 1 is 1.56 bits per heavy atom. The highest BCUT2D eigenvalue weighted by molar-refractivity contribution is 5.96. The number of aryl methyl sites for hydroxylation is 1. The average Bonchev–Trinajstić information content (AvgIpc) is 2.23. The molecule has 0 fully saturated rings. The third-order valence-electron chi connectivity index (χ3n) is 2.58. The highest BCUT2D eigenvalue weighted by atomic mass is 19.1. The number of nitrogen functional groups attached to an aromatic ring is 1. The lowest BCUT2D eigenvalue weighted by Crippen LogP contribution is -2.32. The van der Waals surface area contributed by atoms with Crippen LogP contribution in [0.4, 0.5) is 10.1 Å². The molecule has 3 nitrogen and oxygen atoms in total. The zero-order valence-corrected chi connectivity index (χ0v) is 9.80. The summed E-state index contributed by atoms with van der Waals surface area (Å²) in [6.07, 6.45) is 0.849. The molecule has 0 aliphatic rings. The van der Waals surface area contributed by atoms with E-state index in [9.17, 15) is 9.18 Å². The number of anilines is 1. The summed E-state index contributed by atoms with van der Waals surface area (Å²) in [4.78, 5) is 11.8. The predicted octanol–water partition coefficient (Wildman–Crippen LogP) is 2.24.